The molecule has 0 aliphatic heterocycles. The number of carbonyl (C=O) groups is 1. The number of ether oxygens (including phenoxy) is 1. The molecule has 34 heavy (non-hydrogen) atoms. The van der Waals surface area contributed by atoms with Crippen LogP contribution in [0.15, 0.2) is 36.4 Å². The fraction of sp³-hybridized carbons (Fsp3) is 0.567. The summed E-state index contributed by atoms with van der Waals surface area (Å²) in [6.45, 7) is 17.4. The maximum Gasteiger partial charge on any atom is 0.207 e. The Morgan fingerprint density at radius 2 is 1.59 bits per heavy atom. The summed E-state index contributed by atoms with van der Waals surface area (Å²) < 4.78 is 5.95. The van der Waals surface area contributed by atoms with Crippen LogP contribution in [0.3, 0.4) is 0 Å². The summed E-state index contributed by atoms with van der Waals surface area (Å²) in [5, 5.41) is 13.2. The van der Waals surface area contributed by atoms with Gasteiger partial charge in [0.05, 0.1) is 12.1 Å². The Hall–Kier alpha value is -2.33. The lowest BCUT2D eigenvalue weighted by Gasteiger charge is -2.34. The highest BCUT2D eigenvalue weighted by Gasteiger charge is 2.31. The number of amides is 1. The molecule has 0 fully saturated rings. The van der Waals surface area contributed by atoms with Crippen molar-refractivity contribution in [3.8, 4) is 5.75 Å². The van der Waals surface area contributed by atoms with Crippen molar-refractivity contribution in [2.75, 3.05) is 6.61 Å². The van der Waals surface area contributed by atoms with Gasteiger partial charge in [0.15, 0.2) is 0 Å². The molecular formula is C30H45NO3. The summed E-state index contributed by atoms with van der Waals surface area (Å²) >= 11 is 0. The topological polar surface area (TPSA) is 58.6 Å². The fourth-order valence-corrected chi connectivity index (χ4v) is 4.72. The van der Waals surface area contributed by atoms with Crippen LogP contribution in [0.1, 0.15) is 88.6 Å². The summed E-state index contributed by atoms with van der Waals surface area (Å²) in [6, 6.07) is 13.4. The number of benzene rings is 2. The average molecular weight is 468 g/mol. The highest BCUT2D eigenvalue weighted by molar-refractivity contribution is 5.47. The van der Waals surface area contributed by atoms with Crippen LogP contribution in [0.5, 0.6) is 5.75 Å². The van der Waals surface area contributed by atoms with Crippen LogP contribution in [-0.2, 0) is 16.6 Å². The van der Waals surface area contributed by atoms with E-state index in [-0.39, 0.29) is 23.0 Å². The van der Waals surface area contributed by atoms with Crippen molar-refractivity contribution in [3.05, 3.63) is 64.2 Å². The van der Waals surface area contributed by atoms with E-state index in [1.165, 1.54) is 22.3 Å². The van der Waals surface area contributed by atoms with Crippen molar-refractivity contribution in [2.45, 2.75) is 98.6 Å². The Morgan fingerprint density at radius 3 is 2.09 bits per heavy atom. The molecule has 0 aliphatic rings. The zero-order chi connectivity index (χ0) is 25.5. The van der Waals surface area contributed by atoms with Crippen LogP contribution in [0, 0.1) is 19.3 Å². The van der Waals surface area contributed by atoms with Gasteiger partial charge in [0.1, 0.15) is 12.4 Å². The fourth-order valence-electron chi connectivity index (χ4n) is 4.72. The maximum absolute atomic E-state index is 10.6. The highest BCUT2D eigenvalue weighted by atomic mass is 16.5. The summed E-state index contributed by atoms with van der Waals surface area (Å²) in [5.74, 6) is 0.855. The molecule has 0 saturated heterocycles. The smallest absolute Gasteiger partial charge is 0.207 e. The van der Waals surface area contributed by atoms with Crippen molar-refractivity contribution in [3.63, 3.8) is 0 Å². The van der Waals surface area contributed by atoms with E-state index in [4.69, 9.17) is 4.74 Å². The van der Waals surface area contributed by atoms with Crippen molar-refractivity contribution in [1.29, 1.82) is 0 Å². The lowest BCUT2D eigenvalue weighted by molar-refractivity contribution is -0.110. The first kappa shape index (κ1) is 27.9. The van der Waals surface area contributed by atoms with Crippen molar-refractivity contribution in [2.24, 2.45) is 5.41 Å². The van der Waals surface area contributed by atoms with Crippen molar-refractivity contribution < 1.29 is 14.6 Å². The molecule has 2 aromatic rings. The number of aliphatic hydroxyl groups is 1. The molecule has 0 bridgehead atoms. The molecule has 2 unspecified atom stereocenters. The van der Waals surface area contributed by atoms with Crippen molar-refractivity contribution in [1.82, 2.24) is 5.32 Å². The van der Waals surface area contributed by atoms with Gasteiger partial charge in [-0.15, -0.1) is 0 Å². The van der Waals surface area contributed by atoms with Gasteiger partial charge in [-0.3, -0.25) is 4.79 Å². The maximum atomic E-state index is 10.6. The molecule has 4 heteroatoms. The number of hydrogen-bond acceptors (Lipinski definition) is 3. The molecule has 0 saturated carbocycles. The van der Waals surface area contributed by atoms with E-state index < -0.39 is 0 Å². The molecule has 0 radical (unpaired) electrons. The van der Waals surface area contributed by atoms with E-state index in [0.717, 1.165) is 37.0 Å². The second-order valence-corrected chi connectivity index (χ2v) is 10.8. The normalized spacial score (nSPS) is 13.9. The van der Waals surface area contributed by atoms with E-state index in [1.54, 1.807) is 0 Å². The third kappa shape index (κ3) is 6.63. The SMILES string of the molecule is CCC(CC)(c1ccc(CCC(O)C(C)(C)C)c(C)c1)c1ccc(OCC(C)NC=O)c(C)c1. The molecule has 2 atom stereocenters. The Balaban J connectivity index is 2.29. The minimum Gasteiger partial charge on any atom is -0.491 e. The quantitative estimate of drug-likeness (QED) is 0.362. The monoisotopic (exact) mass is 467 g/mol. The minimum absolute atomic E-state index is 0.0343. The first-order valence-corrected chi connectivity index (χ1v) is 12.7. The van der Waals surface area contributed by atoms with Gasteiger partial charge in [0.25, 0.3) is 0 Å². The number of aliphatic hydroxyl groups excluding tert-OH is 1. The number of aryl methyl sites for hydroxylation is 3. The summed E-state index contributed by atoms with van der Waals surface area (Å²) in [5.41, 5.74) is 6.19. The molecule has 0 spiro atoms. The average Bonchev–Trinajstić information content (AvgIpc) is 2.78. The summed E-state index contributed by atoms with van der Waals surface area (Å²) in [4.78, 5) is 10.6. The third-order valence-electron chi connectivity index (χ3n) is 7.36. The molecule has 188 valence electrons. The number of rotatable bonds is 12. The Kier molecular flexibility index (Phi) is 9.75. The Morgan fingerprint density at radius 1 is 1.00 bits per heavy atom. The molecule has 2 N–H and O–H groups in total. The van der Waals surface area contributed by atoms with Gasteiger partial charge >= 0.3 is 0 Å². The van der Waals surface area contributed by atoms with Gasteiger partial charge in [-0.1, -0.05) is 65.0 Å². The molecule has 2 rings (SSSR count). The number of nitrogens with one attached hydrogen (secondary N) is 1. The minimum atomic E-state index is -0.308. The van der Waals surface area contributed by atoms with E-state index in [9.17, 15) is 9.90 Å². The lowest BCUT2D eigenvalue weighted by Crippen LogP contribution is -2.30. The van der Waals surface area contributed by atoms with Crippen LogP contribution < -0.4 is 10.1 Å². The van der Waals surface area contributed by atoms with Gasteiger partial charge in [-0.2, -0.15) is 0 Å². The zero-order valence-corrected chi connectivity index (χ0v) is 22.5. The molecule has 0 aromatic heterocycles. The van der Waals surface area contributed by atoms with Crippen LogP contribution in [0.25, 0.3) is 0 Å². The molecule has 4 nitrogen and oxygen atoms in total. The second kappa shape index (κ2) is 11.9. The van der Waals surface area contributed by atoms with Crippen LogP contribution in [0.4, 0.5) is 0 Å². The van der Waals surface area contributed by atoms with E-state index in [1.807, 2.05) is 6.92 Å². The summed E-state index contributed by atoms with van der Waals surface area (Å²) in [6.07, 6.45) is 4.07. The Bertz CT molecular complexity index is 941. The molecule has 1 amide bonds. The second-order valence-electron chi connectivity index (χ2n) is 10.8. The summed E-state index contributed by atoms with van der Waals surface area (Å²) in [7, 11) is 0. The largest absolute Gasteiger partial charge is 0.491 e. The zero-order valence-electron chi connectivity index (χ0n) is 22.5. The molecular weight excluding hydrogens is 422 g/mol. The number of hydrogen-bond donors (Lipinski definition) is 2. The van der Waals surface area contributed by atoms with Crippen LogP contribution in [-0.4, -0.2) is 30.3 Å². The van der Waals surface area contributed by atoms with Gasteiger partial charge in [-0.05, 0) is 85.8 Å². The molecule has 2 aromatic carbocycles. The highest BCUT2D eigenvalue weighted by Crippen LogP contribution is 2.41. The van der Waals surface area contributed by atoms with E-state index in [0.29, 0.717) is 13.0 Å². The van der Waals surface area contributed by atoms with Crippen LogP contribution in [0.2, 0.25) is 0 Å². The molecule has 0 aliphatic carbocycles. The first-order valence-electron chi connectivity index (χ1n) is 12.7. The number of carbonyl (C=O) groups excluding carboxylic acids is 1. The standard InChI is InChI=1S/C30H45NO3/c1-9-30(10-2,26-14-15-27(22(4)18-26)34-19-23(5)31-20-32)25-13-11-24(21(3)17-25)12-16-28(33)29(6,7)8/h11,13-15,17-18,20,23,28,33H,9-10,12,16,19H2,1-8H3,(H,31,32). The predicted molar refractivity (Wildman–Crippen MR) is 142 cm³/mol. The predicted octanol–water partition coefficient (Wildman–Crippen LogP) is 6.26. The van der Waals surface area contributed by atoms with E-state index in [2.05, 4.69) is 90.2 Å². The Labute approximate surface area is 207 Å². The lowest BCUT2D eigenvalue weighted by atomic mass is 9.69. The van der Waals surface area contributed by atoms with E-state index >= 15 is 0 Å². The first-order chi connectivity index (χ1) is 16.0. The third-order valence-corrected chi connectivity index (χ3v) is 7.36. The molecule has 0 heterocycles. The van der Waals surface area contributed by atoms with Gasteiger partial charge in [0.2, 0.25) is 6.41 Å². The van der Waals surface area contributed by atoms with Crippen molar-refractivity contribution >= 4 is 6.41 Å². The van der Waals surface area contributed by atoms with Gasteiger partial charge < -0.3 is 15.2 Å². The van der Waals surface area contributed by atoms with Gasteiger partial charge in [-0.25, -0.2) is 0 Å². The van der Waals surface area contributed by atoms with Crippen LogP contribution >= 0.6 is 0 Å². The van der Waals surface area contributed by atoms with Gasteiger partial charge in [0, 0.05) is 5.41 Å².